The van der Waals surface area contributed by atoms with E-state index in [-0.39, 0.29) is 54.2 Å². The molecule has 1 atom stereocenters. The Balaban J connectivity index is 1.56. The number of rotatable bonds is 17. The summed E-state index contributed by atoms with van der Waals surface area (Å²) in [6.45, 7) is 4.72. The Hall–Kier alpha value is -4.68. The van der Waals surface area contributed by atoms with Crippen LogP contribution in [0.1, 0.15) is 36.1 Å². The lowest BCUT2D eigenvalue weighted by Crippen LogP contribution is -2.39. The fourth-order valence-corrected chi connectivity index (χ4v) is 5.67. The molecule has 4 rings (SSSR count). The number of carbonyl (C=O) groups excluding carboxylic acids is 1. The van der Waals surface area contributed by atoms with Crippen LogP contribution >= 0.6 is 23.2 Å². The first kappa shape index (κ1) is 37.1. The second kappa shape index (κ2) is 17.6. The Kier molecular flexibility index (Phi) is 13.4. The van der Waals surface area contributed by atoms with Crippen LogP contribution in [0.25, 0.3) is 11.1 Å². The van der Waals surface area contributed by atoms with Crippen LogP contribution in [0.2, 0.25) is 10.0 Å². The SMILES string of the molecule is CCN(CC)C(=O)Cc1cccc(-c2cccc(COc3cc(OCc4ccc(N=O)c(N)c4)c(CNC(CO)C(=O)O)cc3Cl)c2Cl)c1. The van der Waals surface area contributed by atoms with Crippen molar-refractivity contribution < 1.29 is 29.3 Å². The Bertz CT molecular complexity index is 1800. The molecule has 1 unspecified atom stereocenters. The number of nitroso groups, excluding NO2 is 1. The lowest BCUT2D eigenvalue weighted by atomic mass is 9.99. The quantitative estimate of drug-likeness (QED) is 0.0687. The zero-order chi connectivity index (χ0) is 35.5. The van der Waals surface area contributed by atoms with E-state index in [0.717, 1.165) is 16.7 Å². The number of carboxylic acids is 1. The maximum atomic E-state index is 12.7. The van der Waals surface area contributed by atoms with Gasteiger partial charge in [0.25, 0.3) is 0 Å². The predicted octanol–water partition coefficient (Wildman–Crippen LogP) is 6.74. The number of amides is 1. The molecule has 0 fully saturated rings. The highest BCUT2D eigenvalue weighted by Gasteiger charge is 2.19. The molecule has 1 amide bonds. The summed E-state index contributed by atoms with van der Waals surface area (Å²) in [5, 5.41) is 25.2. The number of carbonyl (C=O) groups is 2. The number of nitrogen functional groups attached to an aromatic ring is 1. The van der Waals surface area contributed by atoms with Crippen LogP contribution in [-0.2, 0) is 35.8 Å². The Morgan fingerprint density at radius 2 is 1.65 bits per heavy atom. The molecule has 0 saturated heterocycles. The molecule has 0 saturated carbocycles. The molecule has 13 heteroatoms. The molecular formula is C36H38Cl2N4O7. The van der Waals surface area contributed by atoms with E-state index in [1.807, 2.05) is 56.3 Å². The standard InChI is InChI=1S/C36H38Cl2N4O7/c1-3-42(4-2)34(44)15-22-7-5-8-24(13-22)27-10-6-9-25(35(27)38)21-49-33-17-32(48-20-23-11-12-30(41-47)29(39)14-23)26(16-28(33)37)18-40-31(19-43)36(45)46/h5-14,16-17,31,40,43H,3-4,15,18-21,39H2,1-2H3,(H,45,46). The first-order valence-electron chi connectivity index (χ1n) is 15.6. The van der Waals surface area contributed by atoms with Gasteiger partial charge in [0, 0.05) is 42.4 Å². The topological polar surface area (TPSA) is 164 Å². The Morgan fingerprint density at radius 3 is 2.33 bits per heavy atom. The number of halogens is 2. The third-order valence-electron chi connectivity index (χ3n) is 7.89. The largest absolute Gasteiger partial charge is 0.488 e. The van der Waals surface area contributed by atoms with Crippen molar-refractivity contribution in [1.29, 1.82) is 0 Å². The van der Waals surface area contributed by atoms with Gasteiger partial charge in [-0.25, -0.2) is 0 Å². The van der Waals surface area contributed by atoms with E-state index >= 15 is 0 Å². The van der Waals surface area contributed by atoms with E-state index in [9.17, 15) is 24.7 Å². The van der Waals surface area contributed by atoms with Gasteiger partial charge in [-0.2, -0.15) is 0 Å². The molecule has 0 heterocycles. The molecule has 0 aliphatic carbocycles. The molecule has 4 aromatic rings. The second-order valence-electron chi connectivity index (χ2n) is 11.1. The number of nitrogens with one attached hydrogen (secondary N) is 1. The van der Waals surface area contributed by atoms with Gasteiger partial charge in [0.2, 0.25) is 5.91 Å². The van der Waals surface area contributed by atoms with E-state index in [4.69, 9.17) is 38.4 Å². The number of hydrogen-bond donors (Lipinski definition) is 4. The maximum Gasteiger partial charge on any atom is 0.323 e. The lowest BCUT2D eigenvalue weighted by molar-refractivity contribution is -0.140. The molecule has 11 nitrogen and oxygen atoms in total. The van der Waals surface area contributed by atoms with Gasteiger partial charge in [0.15, 0.2) is 0 Å². The normalized spacial score (nSPS) is 11.5. The van der Waals surface area contributed by atoms with Crippen LogP contribution in [0.15, 0.2) is 78.0 Å². The van der Waals surface area contributed by atoms with Gasteiger partial charge in [-0.15, -0.1) is 4.91 Å². The summed E-state index contributed by atoms with van der Waals surface area (Å²) in [7, 11) is 0. The van der Waals surface area contributed by atoms with Crippen molar-refractivity contribution in [3.05, 3.63) is 110 Å². The highest BCUT2D eigenvalue weighted by molar-refractivity contribution is 6.34. The van der Waals surface area contributed by atoms with Crippen molar-refractivity contribution >= 4 is 46.5 Å². The first-order valence-corrected chi connectivity index (χ1v) is 16.3. The zero-order valence-electron chi connectivity index (χ0n) is 27.1. The van der Waals surface area contributed by atoms with Crippen LogP contribution in [0.3, 0.4) is 0 Å². The number of nitrogens with zero attached hydrogens (tertiary/aromatic N) is 2. The van der Waals surface area contributed by atoms with Crippen molar-refractivity contribution in [3.63, 3.8) is 0 Å². The van der Waals surface area contributed by atoms with Gasteiger partial charge in [0.1, 0.15) is 36.4 Å². The minimum atomic E-state index is -1.21. The number of carboxylic acid groups (broad SMARTS) is 1. The van der Waals surface area contributed by atoms with Crippen molar-refractivity contribution in [2.75, 3.05) is 25.4 Å². The zero-order valence-corrected chi connectivity index (χ0v) is 28.6. The summed E-state index contributed by atoms with van der Waals surface area (Å²) in [5.41, 5.74) is 10.6. The van der Waals surface area contributed by atoms with Gasteiger partial charge >= 0.3 is 5.97 Å². The number of hydrogen-bond acceptors (Lipinski definition) is 9. The van der Waals surface area contributed by atoms with Gasteiger partial charge in [-0.1, -0.05) is 71.7 Å². The van der Waals surface area contributed by atoms with Crippen LogP contribution < -0.4 is 20.5 Å². The second-order valence-corrected chi connectivity index (χ2v) is 11.9. The smallest absolute Gasteiger partial charge is 0.323 e. The van der Waals surface area contributed by atoms with Crippen molar-refractivity contribution in [2.45, 2.75) is 46.1 Å². The average Bonchev–Trinajstić information content (AvgIpc) is 3.08. The van der Waals surface area contributed by atoms with Crippen LogP contribution in [0, 0.1) is 4.91 Å². The number of ether oxygens (including phenoxy) is 2. The van der Waals surface area contributed by atoms with Crippen LogP contribution in [0.4, 0.5) is 11.4 Å². The molecule has 0 spiro atoms. The molecule has 5 N–H and O–H groups in total. The minimum absolute atomic E-state index is 0.0104. The molecule has 258 valence electrons. The molecule has 49 heavy (non-hydrogen) atoms. The van der Waals surface area contributed by atoms with Gasteiger partial charge in [-0.3, -0.25) is 14.9 Å². The number of anilines is 1. The number of nitrogens with two attached hydrogens (primary N) is 1. The summed E-state index contributed by atoms with van der Waals surface area (Å²) in [6, 6.07) is 20.0. The van der Waals surface area contributed by atoms with E-state index in [1.54, 1.807) is 29.2 Å². The molecule has 0 aromatic heterocycles. The van der Waals surface area contributed by atoms with Crippen LogP contribution in [0.5, 0.6) is 11.5 Å². The number of aliphatic hydroxyl groups excluding tert-OH is 1. The van der Waals surface area contributed by atoms with Gasteiger partial charge in [0.05, 0.1) is 28.8 Å². The predicted molar refractivity (Wildman–Crippen MR) is 190 cm³/mol. The highest BCUT2D eigenvalue weighted by Crippen LogP contribution is 2.36. The number of benzene rings is 4. The fourth-order valence-electron chi connectivity index (χ4n) is 5.14. The first-order chi connectivity index (χ1) is 23.6. The van der Waals surface area contributed by atoms with Crippen molar-refractivity contribution in [3.8, 4) is 22.6 Å². The van der Waals surface area contributed by atoms with Crippen molar-refractivity contribution in [2.24, 2.45) is 5.18 Å². The van der Waals surface area contributed by atoms with E-state index in [0.29, 0.717) is 40.6 Å². The number of aliphatic hydroxyl groups is 1. The lowest BCUT2D eigenvalue weighted by Gasteiger charge is -2.19. The van der Waals surface area contributed by atoms with E-state index in [1.165, 1.54) is 6.07 Å². The Morgan fingerprint density at radius 1 is 0.918 bits per heavy atom. The van der Waals surface area contributed by atoms with Gasteiger partial charge < -0.3 is 30.3 Å². The third-order valence-corrected chi connectivity index (χ3v) is 8.63. The molecule has 0 aliphatic heterocycles. The van der Waals surface area contributed by atoms with E-state index < -0.39 is 18.6 Å². The average molecular weight is 710 g/mol. The molecule has 0 bridgehead atoms. The summed E-state index contributed by atoms with van der Waals surface area (Å²) in [6.07, 6.45) is 0.288. The molecular weight excluding hydrogens is 671 g/mol. The highest BCUT2D eigenvalue weighted by atomic mass is 35.5. The summed E-state index contributed by atoms with van der Waals surface area (Å²) >= 11 is 13.5. The molecule has 0 aliphatic rings. The maximum absolute atomic E-state index is 12.7. The van der Waals surface area contributed by atoms with Crippen molar-refractivity contribution in [1.82, 2.24) is 10.2 Å². The third kappa shape index (κ3) is 9.70. The Labute approximate surface area is 294 Å². The molecule has 4 aromatic carbocycles. The van der Waals surface area contributed by atoms with E-state index in [2.05, 4.69) is 10.5 Å². The van der Waals surface area contributed by atoms with Crippen LogP contribution in [-0.4, -0.2) is 52.7 Å². The summed E-state index contributed by atoms with van der Waals surface area (Å²) in [4.78, 5) is 36.9. The minimum Gasteiger partial charge on any atom is -0.488 e. The number of aliphatic carboxylic acids is 1. The fraction of sp³-hybridized carbons (Fsp3) is 0.278. The summed E-state index contributed by atoms with van der Waals surface area (Å²) < 4.78 is 12.2. The molecule has 0 radical (unpaired) electrons. The number of likely N-dealkylation sites (N-methyl/N-ethyl adjacent to an activating group) is 1. The van der Waals surface area contributed by atoms with Gasteiger partial charge in [-0.05, 0) is 53.9 Å². The monoisotopic (exact) mass is 708 g/mol. The summed E-state index contributed by atoms with van der Waals surface area (Å²) in [5.74, 6) is -0.532.